The lowest BCUT2D eigenvalue weighted by Gasteiger charge is -2.05. The third-order valence-electron chi connectivity index (χ3n) is 2.10. The summed E-state index contributed by atoms with van der Waals surface area (Å²) in [4.78, 5) is 21.9. The van der Waals surface area contributed by atoms with Crippen LogP contribution >= 0.6 is 0 Å². The Kier molecular flexibility index (Phi) is 5.36. The van der Waals surface area contributed by atoms with Gasteiger partial charge in [0.15, 0.2) is 5.69 Å². The first-order valence-electron chi connectivity index (χ1n) is 5.24. The van der Waals surface area contributed by atoms with Crippen molar-refractivity contribution < 1.29 is 27.9 Å². The van der Waals surface area contributed by atoms with Crippen molar-refractivity contribution >= 4 is 5.97 Å². The zero-order valence-corrected chi connectivity index (χ0v) is 9.89. The standard InChI is InChI=1S/C8H8N4O.C2HF3O2/c9-3-6-4-10-5-8(11-6)7-1-2-13-12-7;3-2(4,5)1(6)7/h4-5,7,12H,1-2H2;(H,6,7)/t7-;/m0./s1. The highest BCUT2D eigenvalue weighted by Gasteiger charge is 2.38. The molecule has 0 aliphatic carbocycles. The van der Waals surface area contributed by atoms with Gasteiger partial charge in [-0.1, -0.05) is 0 Å². The average molecular weight is 290 g/mol. The molecule has 20 heavy (non-hydrogen) atoms. The first kappa shape index (κ1) is 15.8. The second-order valence-corrected chi connectivity index (χ2v) is 3.55. The van der Waals surface area contributed by atoms with Crippen LogP contribution in [0.15, 0.2) is 12.4 Å². The number of aliphatic carboxylic acids is 1. The summed E-state index contributed by atoms with van der Waals surface area (Å²) in [5.74, 6) is -2.76. The molecule has 0 unspecified atom stereocenters. The predicted molar refractivity (Wildman–Crippen MR) is 56.9 cm³/mol. The van der Waals surface area contributed by atoms with Crippen LogP contribution in [0.3, 0.4) is 0 Å². The lowest BCUT2D eigenvalue weighted by atomic mass is 10.2. The van der Waals surface area contributed by atoms with Crippen molar-refractivity contribution in [2.45, 2.75) is 18.6 Å². The molecule has 1 atom stereocenters. The van der Waals surface area contributed by atoms with Gasteiger partial charge in [-0.15, -0.1) is 0 Å². The van der Waals surface area contributed by atoms with Gasteiger partial charge in [0, 0.05) is 0 Å². The van der Waals surface area contributed by atoms with E-state index in [1.165, 1.54) is 6.20 Å². The predicted octanol–water partition coefficient (Wildman–Crippen LogP) is 0.948. The maximum atomic E-state index is 10.6. The molecule has 0 aromatic carbocycles. The lowest BCUT2D eigenvalue weighted by molar-refractivity contribution is -0.192. The van der Waals surface area contributed by atoms with E-state index in [9.17, 15) is 13.2 Å². The molecule has 108 valence electrons. The smallest absolute Gasteiger partial charge is 0.475 e. The van der Waals surface area contributed by atoms with Gasteiger partial charge in [-0.05, 0) is 6.42 Å². The zero-order chi connectivity index (χ0) is 15.2. The van der Waals surface area contributed by atoms with E-state index in [-0.39, 0.29) is 6.04 Å². The molecule has 0 bridgehead atoms. The highest BCUT2D eigenvalue weighted by Crippen LogP contribution is 2.17. The summed E-state index contributed by atoms with van der Waals surface area (Å²) in [5, 5.41) is 15.7. The molecule has 1 saturated heterocycles. The number of nitriles is 1. The van der Waals surface area contributed by atoms with Gasteiger partial charge < -0.3 is 9.94 Å². The van der Waals surface area contributed by atoms with E-state index in [4.69, 9.17) is 20.0 Å². The lowest BCUT2D eigenvalue weighted by Crippen LogP contribution is -2.21. The molecule has 0 amide bonds. The van der Waals surface area contributed by atoms with Crippen LogP contribution in [0.5, 0.6) is 0 Å². The van der Waals surface area contributed by atoms with Crippen LogP contribution in [0.4, 0.5) is 13.2 Å². The van der Waals surface area contributed by atoms with Crippen LogP contribution in [0.1, 0.15) is 23.9 Å². The molecule has 2 N–H and O–H groups in total. The van der Waals surface area contributed by atoms with Gasteiger partial charge in [-0.25, -0.2) is 9.78 Å². The Bertz CT molecular complexity index is 509. The van der Waals surface area contributed by atoms with Crippen molar-refractivity contribution in [3.05, 3.63) is 23.8 Å². The number of nitrogens with one attached hydrogen (secondary N) is 1. The van der Waals surface area contributed by atoms with Crippen molar-refractivity contribution in [1.29, 1.82) is 5.26 Å². The number of halogens is 3. The Labute approximate surface area is 111 Å². The fourth-order valence-electron chi connectivity index (χ4n) is 1.21. The monoisotopic (exact) mass is 290 g/mol. The first-order valence-corrected chi connectivity index (χ1v) is 5.24. The third kappa shape index (κ3) is 4.79. The van der Waals surface area contributed by atoms with E-state index in [0.29, 0.717) is 12.3 Å². The van der Waals surface area contributed by atoms with Crippen LogP contribution in [-0.4, -0.2) is 33.8 Å². The summed E-state index contributed by atoms with van der Waals surface area (Å²) in [5.41, 5.74) is 3.91. The molecule has 1 aliphatic heterocycles. The number of nitrogens with zero attached hydrogens (tertiary/aromatic N) is 3. The van der Waals surface area contributed by atoms with E-state index < -0.39 is 12.1 Å². The maximum absolute atomic E-state index is 10.6. The molecule has 1 aliphatic rings. The Morgan fingerprint density at radius 3 is 2.65 bits per heavy atom. The van der Waals surface area contributed by atoms with Crippen LogP contribution < -0.4 is 5.48 Å². The molecule has 1 aromatic rings. The van der Waals surface area contributed by atoms with Gasteiger partial charge in [-0.3, -0.25) is 4.98 Å². The quantitative estimate of drug-likeness (QED) is 0.792. The topological polar surface area (TPSA) is 108 Å². The van der Waals surface area contributed by atoms with Gasteiger partial charge in [0.1, 0.15) is 6.07 Å². The van der Waals surface area contributed by atoms with Gasteiger partial charge in [0.25, 0.3) is 0 Å². The number of hydrogen-bond acceptors (Lipinski definition) is 6. The zero-order valence-electron chi connectivity index (χ0n) is 9.89. The molecule has 0 saturated carbocycles. The Balaban J connectivity index is 0.000000246. The molecule has 2 heterocycles. The van der Waals surface area contributed by atoms with Gasteiger partial charge in [-0.2, -0.15) is 23.9 Å². The number of carboxylic acid groups (broad SMARTS) is 1. The first-order chi connectivity index (χ1) is 9.34. The molecular weight excluding hydrogens is 281 g/mol. The van der Waals surface area contributed by atoms with Crippen LogP contribution in [0.25, 0.3) is 0 Å². The highest BCUT2D eigenvalue weighted by molar-refractivity contribution is 5.73. The summed E-state index contributed by atoms with van der Waals surface area (Å²) in [6, 6.07) is 2.02. The number of hydroxylamine groups is 1. The van der Waals surface area contributed by atoms with Crippen molar-refractivity contribution in [2.75, 3.05) is 6.61 Å². The largest absolute Gasteiger partial charge is 0.490 e. The Morgan fingerprint density at radius 2 is 2.20 bits per heavy atom. The van der Waals surface area contributed by atoms with E-state index >= 15 is 0 Å². The van der Waals surface area contributed by atoms with E-state index in [1.807, 2.05) is 6.07 Å². The minimum absolute atomic E-state index is 0.0702. The van der Waals surface area contributed by atoms with E-state index in [1.54, 1.807) is 6.20 Å². The molecule has 0 spiro atoms. The average Bonchev–Trinajstić information content (AvgIpc) is 2.92. The molecule has 0 radical (unpaired) electrons. The van der Waals surface area contributed by atoms with Crippen LogP contribution in [-0.2, 0) is 9.63 Å². The van der Waals surface area contributed by atoms with Crippen molar-refractivity contribution in [3.63, 3.8) is 0 Å². The number of rotatable bonds is 1. The number of carbonyl (C=O) groups is 1. The van der Waals surface area contributed by atoms with Crippen molar-refractivity contribution in [1.82, 2.24) is 15.4 Å². The number of hydrogen-bond donors (Lipinski definition) is 2. The summed E-state index contributed by atoms with van der Waals surface area (Å²) < 4.78 is 31.7. The van der Waals surface area contributed by atoms with Gasteiger partial charge in [0.2, 0.25) is 0 Å². The van der Waals surface area contributed by atoms with Crippen LogP contribution in [0.2, 0.25) is 0 Å². The molecule has 2 rings (SSSR count). The fraction of sp³-hybridized carbons (Fsp3) is 0.400. The second-order valence-electron chi connectivity index (χ2n) is 3.55. The van der Waals surface area contributed by atoms with Gasteiger partial charge in [0.05, 0.1) is 30.7 Å². The summed E-state index contributed by atoms with van der Waals surface area (Å²) in [7, 11) is 0. The molecule has 1 fully saturated rings. The highest BCUT2D eigenvalue weighted by atomic mass is 19.4. The minimum atomic E-state index is -5.08. The SMILES string of the molecule is N#Cc1cncc([C@@H]2CCON2)n1.O=C(O)C(F)(F)F. The number of alkyl halides is 3. The second kappa shape index (κ2) is 6.78. The Hall–Kier alpha value is -2.25. The summed E-state index contributed by atoms with van der Waals surface area (Å²) in [6.45, 7) is 0.670. The molecular formula is C10H9F3N4O3. The van der Waals surface area contributed by atoms with E-state index in [2.05, 4.69) is 15.4 Å². The summed E-state index contributed by atoms with van der Waals surface area (Å²) >= 11 is 0. The molecule has 7 nitrogen and oxygen atoms in total. The summed E-state index contributed by atoms with van der Waals surface area (Å²) in [6.07, 6.45) is -1.13. The normalized spacial score (nSPS) is 17.8. The fourth-order valence-corrected chi connectivity index (χ4v) is 1.21. The van der Waals surface area contributed by atoms with Crippen LogP contribution in [0, 0.1) is 11.3 Å². The Morgan fingerprint density at radius 1 is 1.55 bits per heavy atom. The molecule has 10 heteroatoms. The van der Waals surface area contributed by atoms with Crippen molar-refractivity contribution in [3.8, 4) is 6.07 Å². The number of aromatic nitrogens is 2. The van der Waals surface area contributed by atoms with Crippen molar-refractivity contribution in [2.24, 2.45) is 0 Å². The maximum Gasteiger partial charge on any atom is 0.490 e. The molecule has 1 aromatic heterocycles. The van der Waals surface area contributed by atoms with Gasteiger partial charge >= 0.3 is 12.1 Å². The minimum Gasteiger partial charge on any atom is -0.475 e. The van der Waals surface area contributed by atoms with E-state index in [0.717, 1.165) is 12.1 Å². The third-order valence-corrected chi connectivity index (χ3v) is 2.10. The number of carboxylic acids is 1.